The number of esters is 1. The van der Waals surface area contributed by atoms with Crippen LogP contribution in [0.5, 0.6) is 5.75 Å². The molecule has 0 unspecified atom stereocenters. The summed E-state index contributed by atoms with van der Waals surface area (Å²) in [7, 11) is 0. The number of aromatic hydroxyl groups is 1. The first-order chi connectivity index (χ1) is 11.0. The van der Waals surface area contributed by atoms with Gasteiger partial charge in [-0.25, -0.2) is 9.79 Å². The smallest absolute Gasteiger partial charge is 0.363 e. The SMILES string of the molecule is O=C1OC(c2ccccc2)=N/C1=C/c1ccc(O)c([N+](=O)[O-])c1. The average Bonchev–Trinajstić information content (AvgIpc) is 2.91. The summed E-state index contributed by atoms with van der Waals surface area (Å²) in [4.78, 5) is 26.1. The number of phenols is 1. The highest BCUT2D eigenvalue weighted by Crippen LogP contribution is 2.28. The molecule has 0 aliphatic carbocycles. The Labute approximate surface area is 130 Å². The number of phenolic OH excluding ortho intramolecular Hbond substituents is 1. The summed E-state index contributed by atoms with van der Waals surface area (Å²) in [6.45, 7) is 0. The molecule has 0 amide bonds. The lowest BCUT2D eigenvalue weighted by atomic mass is 10.1. The highest BCUT2D eigenvalue weighted by molar-refractivity contribution is 6.12. The number of cyclic esters (lactones) is 1. The highest BCUT2D eigenvalue weighted by Gasteiger charge is 2.24. The summed E-state index contributed by atoms with van der Waals surface area (Å²) >= 11 is 0. The third-order valence-corrected chi connectivity index (χ3v) is 3.14. The molecule has 23 heavy (non-hydrogen) atoms. The van der Waals surface area contributed by atoms with Crippen LogP contribution in [0.1, 0.15) is 11.1 Å². The molecule has 1 aliphatic heterocycles. The van der Waals surface area contributed by atoms with Gasteiger partial charge in [0.2, 0.25) is 5.90 Å². The number of benzene rings is 2. The number of aliphatic imine (C=N–C) groups is 1. The van der Waals surface area contributed by atoms with E-state index in [4.69, 9.17) is 4.74 Å². The van der Waals surface area contributed by atoms with Gasteiger partial charge in [0.1, 0.15) is 0 Å². The first-order valence-corrected chi connectivity index (χ1v) is 6.60. The van der Waals surface area contributed by atoms with Crippen LogP contribution in [-0.2, 0) is 9.53 Å². The Kier molecular flexibility index (Phi) is 3.60. The fraction of sp³-hybridized carbons (Fsp3) is 0. The zero-order valence-electron chi connectivity index (χ0n) is 11.7. The predicted octanol–water partition coefficient (Wildman–Crippen LogP) is 2.64. The molecule has 7 heteroatoms. The summed E-state index contributed by atoms with van der Waals surface area (Å²) < 4.78 is 5.09. The molecule has 7 nitrogen and oxygen atoms in total. The molecule has 0 fully saturated rings. The zero-order chi connectivity index (χ0) is 16.4. The monoisotopic (exact) mass is 310 g/mol. The fourth-order valence-corrected chi connectivity index (χ4v) is 2.05. The quantitative estimate of drug-likeness (QED) is 0.406. The van der Waals surface area contributed by atoms with Crippen molar-refractivity contribution < 1.29 is 19.6 Å². The van der Waals surface area contributed by atoms with Crippen LogP contribution < -0.4 is 0 Å². The third kappa shape index (κ3) is 2.93. The molecule has 0 aromatic heterocycles. The average molecular weight is 310 g/mol. The Bertz CT molecular complexity index is 856. The first kappa shape index (κ1) is 14.5. The normalized spacial score (nSPS) is 15.4. The van der Waals surface area contributed by atoms with Crippen LogP contribution in [0.25, 0.3) is 6.08 Å². The van der Waals surface area contributed by atoms with Gasteiger partial charge in [0.05, 0.1) is 4.92 Å². The number of nitro benzene ring substituents is 1. The Morgan fingerprint density at radius 3 is 2.61 bits per heavy atom. The van der Waals surface area contributed by atoms with Crippen LogP contribution in [0.2, 0.25) is 0 Å². The molecule has 2 aromatic carbocycles. The molecule has 0 spiro atoms. The summed E-state index contributed by atoms with van der Waals surface area (Å²) in [5.41, 5.74) is 0.599. The highest BCUT2D eigenvalue weighted by atomic mass is 16.6. The van der Waals surface area contributed by atoms with Gasteiger partial charge in [-0.3, -0.25) is 10.1 Å². The van der Waals surface area contributed by atoms with Gasteiger partial charge in [0, 0.05) is 11.6 Å². The van der Waals surface area contributed by atoms with Crippen molar-refractivity contribution in [1.29, 1.82) is 0 Å². The zero-order valence-corrected chi connectivity index (χ0v) is 11.7. The van der Waals surface area contributed by atoms with Crippen LogP contribution in [0.4, 0.5) is 5.69 Å². The number of hydrogen-bond acceptors (Lipinski definition) is 6. The maximum Gasteiger partial charge on any atom is 0.363 e. The molecular weight excluding hydrogens is 300 g/mol. The van der Waals surface area contributed by atoms with Crippen molar-refractivity contribution in [2.24, 2.45) is 4.99 Å². The van der Waals surface area contributed by atoms with E-state index >= 15 is 0 Å². The number of nitrogens with zero attached hydrogens (tertiary/aromatic N) is 2. The second-order valence-electron chi connectivity index (χ2n) is 4.71. The van der Waals surface area contributed by atoms with E-state index in [1.165, 1.54) is 18.2 Å². The van der Waals surface area contributed by atoms with E-state index in [9.17, 15) is 20.0 Å². The molecule has 2 aromatic rings. The van der Waals surface area contributed by atoms with Gasteiger partial charge in [0.25, 0.3) is 0 Å². The summed E-state index contributed by atoms with van der Waals surface area (Å²) in [5, 5.41) is 20.2. The number of carbonyl (C=O) groups is 1. The standard InChI is InChI=1S/C16H10N2O5/c19-14-7-6-10(9-13(14)18(21)22)8-12-16(20)23-15(17-12)11-4-2-1-3-5-11/h1-9,19H/b12-8+. The molecule has 0 bridgehead atoms. The molecule has 3 rings (SSSR count). The van der Waals surface area contributed by atoms with Gasteiger partial charge >= 0.3 is 11.7 Å². The second kappa shape index (κ2) is 5.72. The van der Waals surface area contributed by atoms with E-state index < -0.39 is 22.3 Å². The largest absolute Gasteiger partial charge is 0.502 e. The fourth-order valence-electron chi connectivity index (χ4n) is 2.05. The molecule has 0 atom stereocenters. The van der Waals surface area contributed by atoms with Crippen LogP contribution in [-0.4, -0.2) is 21.9 Å². The maximum atomic E-state index is 11.9. The van der Waals surface area contributed by atoms with Crippen molar-refractivity contribution in [3.05, 3.63) is 75.5 Å². The van der Waals surface area contributed by atoms with Crippen molar-refractivity contribution >= 4 is 23.6 Å². The minimum absolute atomic E-state index is 0.0313. The minimum atomic E-state index is -0.705. The van der Waals surface area contributed by atoms with E-state index in [2.05, 4.69) is 4.99 Å². The Morgan fingerprint density at radius 1 is 1.17 bits per heavy atom. The number of hydrogen-bond donors (Lipinski definition) is 1. The number of carbonyl (C=O) groups excluding carboxylic acids is 1. The van der Waals surface area contributed by atoms with Crippen molar-refractivity contribution in [2.75, 3.05) is 0 Å². The molecular formula is C16H10N2O5. The van der Waals surface area contributed by atoms with Gasteiger partial charge in [-0.2, -0.15) is 0 Å². The Balaban J connectivity index is 1.97. The van der Waals surface area contributed by atoms with E-state index in [1.807, 2.05) is 6.07 Å². The molecule has 0 saturated carbocycles. The van der Waals surface area contributed by atoms with Crippen LogP contribution in [0.15, 0.2) is 59.2 Å². The van der Waals surface area contributed by atoms with Gasteiger partial charge in [0.15, 0.2) is 11.4 Å². The van der Waals surface area contributed by atoms with E-state index in [0.717, 1.165) is 6.07 Å². The third-order valence-electron chi connectivity index (χ3n) is 3.14. The van der Waals surface area contributed by atoms with Gasteiger partial charge in [-0.05, 0) is 29.8 Å². The van der Waals surface area contributed by atoms with Crippen LogP contribution in [0.3, 0.4) is 0 Å². The van der Waals surface area contributed by atoms with E-state index in [-0.39, 0.29) is 11.6 Å². The van der Waals surface area contributed by atoms with Gasteiger partial charge < -0.3 is 9.84 Å². The number of nitro groups is 1. The topological polar surface area (TPSA) is 102 Å². The lowest BCUT2D eigenvalue weighted by Crippen LogP contribution is -2.04. The summed E-state index contributed by atoms with van der Waals surface area (Å²) in [5.74, 6) is -0.908. The summed E-state index contributed by atoms with van der Waals surface area (Å²) in [6.07, 6.45) is 1.37. The van der Waals surface area contributed by atoms with E-state index in [0.29, 0.717) is 11.1 Å². The molecule has 0 radical (unpaired) electrons. The van der Waals surface area contributed by atoms with Crippen LogP contribution >= 0.6 is 0 Å². The van der Waals surface area contributed by atoms with Crippen molar-refractivity contribution in [2.45, 2.75) is 0 Å². The molecule has 1 heterocycles. The predicted molar refractivity (Wildman–Crippen MR) is 81.8 cm³/mol. The van der Waals surface area contributed by atoms with Gasteiger partial charge in [-0.1, -0.05) is 24.3 Å². The molecule has 0 saturated heterocycles. The molecule has 114 valence electrons. The molecule has 1 aliphatic rings. The van der Waals surface area contributed by atoms with Crippen molar-refractivity contribution in [3.8, 4) is 5.75 Å². The lowest BCUT2D eigenvalue weighted by Gasteiger charge is -1.98. The summed E-state index contributed by atoms with van der Waals surface area (Å²) in [6, 6.07) is 12.7. The minimum Gasteiger partial charge on any atom is -0.502 e. The van der Waals surface area contributed by atoms with E-state index in [1.54, 1.807) is 24.3 Å². The van der Waals surface area contributed by atoms with Crippen molar-refractivity contribution in [1.82, 2.24) is 0 Å². The molecule has 1 N–H and O–H groups in total. The maximum absolute atomic E-state index is 11.9. The second-order valence-corrected chi connectivity index (χ2v) is 4.71. The Morgan fingerprint density at radius 2 is 1.91 bits per heavy atom. The van der Waals surface area contributed by atoms with Crippen LogP contribution in [0, 0.1) is 10.1 Å². The number of rotatable bonds is 3. The van der Waals surface area contributed by atoms with Crippen molar-refractivity contribution in [3.63, 3.8) is 0 Å². The number of ether oxygens (including phenoxy) is 1. The lowest BCUT2D eigenvalue weighted by molar-refractivity contribution is -0.385. The van der Waals surface area contributed by atoms with Gasteiger partial charge in [-0.15, -0.1) is 0 Å². The Hall–Kier alpha value is -3.48. The first-order valence-electron chi connectivity index (χ1n) is 6.60.